The first-order valence-corrected chi connectivity index (χ1v) is 5.26. The van der Waals surface area contributed by atoms with Gasteiger partial charge in [-0.1, -0.05) is 0 Å². The van der Waals surface area contributed by atoms with Gasteiger partial charge in [-0.3, -0.25) is 0 Å². The van der Waals surface area contributed by atoms with Gasteiger partial charge in [0.2, 0.25) is 0 Å². The summed E-state index contributed by atoms with van der Waals surface area (Å²) in [6.07, 6.45) is 0. The molecule has 4 nitrogen and oxygen atoms in total. The fourth-order valence-corrected chi connectivity index (χ4v) is 2.28. The van der Waals surface area contributed by atoms with E-state index < -0.39 is 0 Å². The van der Waals surface area contributed by atoms with E-state index in [2.05, 4.69) is 10.2 Å². The Kier molecular flexibility index (Phi) is 1.95. The molecule has 0 saturated carbocycles. The lowest BCUT2D eigenvalue weighted by Gasteiger charge is -2.42. The number of nitrogens with one attached hydrogen (secondary N) is 1. The minimum Gasteiger partial charge on any atom is -0.508 e. The van der Waals surface area contributed by atoms with E-state index >= 15 is 0 Å². The molecular weight excluding hydrogens is 192 g/mol. The number of hydrogen-bond acceptors (Lipinski definition) is 4. The van der Waals surface area contributed by atoms with E-state index in [1.807, 2.05) is 12.1 Å². The van der Waals surface area contributed by atoms with Crippen LogP contribution < -0.4 is 10.2 Å². The Morgan fingerprint density at radius 1 is 1.47 bits per heavy atom. The molecule has 1 aromatic rings. The van der Waals surface area contributed by atoms with Crippen molar-refractivity contribution in [3.8, 4) is 5.75 Å². The molecule has 1 saturated heterocycles. The van der Waals surface area contributed by atoms with Gasteiger partial charge in [-0.15, -0.1) is 0 Å². The number of nitrogens with zero attached hydrogens (tertiary/aromatic N) is 1. The Labute approximate surface area is 88.5 Å². The average molecular weight is 206 g/mol. The summed E-state index contributed by atoms with van der Waals surface area (Å²) >= 11 is 0. The highest BCUT2D eigenvalue weighted by Gasteiger charge is 2.28. The van der Waals surface area contributed by atoms with Crippen molar-refractivity contribution in [1.82, 2.24) is 0 Å². The molecule has 0 radical (unpaired) electrons. The molecule has 2 aliphatic rings. The van der Waals surface area contributed by atoms with E-state index in [1.165, 1.54) is 0 Å². The van der Waals surface area contributed by atoms with Crippen LogP contribution in [0.15, 0.2) is 18.2 Å². The lowest BCUT2D eigenvalue weighted by atomic mass is 10.1. The number of ether oxygens (including phenoxy) is 1. The fourth-order valence-electron chi connectivity index (χ4n) is 2.28. The highest BCUT2D eigenvalue weighted by molar-refractivity contribution is 5.74. The SMILES string of the molecule is Oc1ccc2c(c1)N1CCOCC1CN2. The first-order valence-electron chi connectivity index (χ1n) is 5.26. The summed E-state index contributed by atoms with van der Waals surface area (Å²) in [6, 6.07) is 5.86. The van der Waals surface area contributed by atoms with Crippen LogP contribution in [-0.4, -0.2) is 37.5 Å². The van der Waals surface area contributed by atoms with Crippen molar-refractivity contribution >= 4 is 11.4 Å². The summed E-state index contributed by atoms with van der Waals surface area (Å²) < 4.78 is 5.44. The van der Waals surface area contributed by atoms with Gasteiger partial charge in [0.15, 0.2) is 0 Å². The average Bonchev–Trinajstić information content (AvgIpc) is 2.29. The van der Waals surface area contributed by atoms with Gasteiger partial charge >= 0.3 is 0 Å². The van der Waals surface area contributed by atoms with Crippen LogP contribution in [0.4, 0.5) is 11.4 Å². The molecule has 2 N–H and O–H groups in total. The number of phenolic OH excluding ortho intramolecular Hbond substituents is 1. The molecule has 0 aromatic heterocycles. The molecule has 15 heavy (non-hydrogen) atoms. The van der Waals surface area contributed by atoms with Crippen LogP contribution >= 0.6 is 0 Å². The van der Waals surface area contributed by atoms with Crippen molar-refractivity contribution in [2.45, 2.75) is 6.04 Å². The number of anilines is 2. The van der Waals surface area contributed by atoms with E-state index in [9.17, 15) is 5.11 Å². The molecule has 2 heterocycles. The second kappa shape index (κ2) is 3.31. The van der Waals surface area contributed by atoms with Crippen molar-refractivity contribution in [2.75, 3.05) is 36.5 Å². The first-order chi connectivity index (χ1) is 7.34. The maximum Gasteiger partial charge on any atom is 0.117 e. The van der Waals surface area contributed by atoms with Crippen molar-refractivity contribution in [3.63, 3.8) is 0 Å². The lowest BCUT2D eigenvalue weighted by Crippen LogP contribution is -2.51. The number of fused-ring (bicyclic) bond motifs is 3. The zero-order valence-corrected chi connectivity index (χ0v) is 8.44. The van der Waals surface area contributed by atoms with Crippen LogP contribution in [0.2, 0.25) is 0 Å². The summed E-state index contributed by atoms with van der Waals surface area (Å²) in [5, 5.41) is 12.8. The zero-order chi connectivity index (χ0) is 10.3. The predicted octanol–water partition coefficient (Wildman–Crippen LogP) is 1.02. The monoisotopic (exact) mass is 206 g/mol. The molecule has 0 spiro atoms. The van der Waals surface area contributed by atoms with Gasteiger partial charge in [-0.05, 0) is 12.1 Å². The molecule has 0 aliphatic carbocycles. The maximum atomic E-state index is 9.49. The minimum absolute atomic E-state index is 0.322. The number of morpholine rings is 1. The van der Waals surface area contributed by atoms with E-state index in [0.29, 0.717) is 11.8 Å². The van der Waals surface area contributed by atoms with Crippen LogP contribution in [0.1, 0.15) is 0 Å². The Balaban J connectivity index is 2.01. The second-order valence-electron chi connectivity index (χ2n) is 4.00. The van der Waals surface area contributed by atoms with Crippen molar-refractivity contribution in [2.24, 2.45) is 0 Å². The molecule has 3 rings (SSSR count). The Morgan fingerprint density at radius 3 is 3.33 bits per heavy atom. The molecule has 80 valence electrons. The Hall–Kier alpha value is -1.42. The molecule has 1 atom stereocenters. The molecule has 4 heteroatoms. The largest absolute Gasteiger partial charge is 0.508 e. The zero-order valence-electron chi connectivity index (χ0n) is 8.44. The number of hydrogen-bond donors (Lipinski definition) is 2. The molecule has 0 amide bonds. The van der Waals surface area contributed by atoms with E-state index in [4.69, 9.17) is 4.74 Å². The Morgan fingerprint density at radius 2 is 2.40 bits per heavy atom. The highest BCUT2D eigenvalue weighted by atomic mass is 16.5. The first kappa shape index (κ1) is 8.85. The minimum atomic E-state index is 0.322. The van der Waals surface area contributed by atoms with E-state index in [-0.39, 0.29) is 0 Å². The molecule has 1 aromatic carbocycles. The number of rotatable bonds is 0. The van der Waals surface area contributed by atoms with Crippen molar-refractivity contribution in [3.05, 3.63) is 18.2 Å². The van der Waals surface area contributed by atoms with Crippen LogP contribution in [-0.2, 0) is 4.74 Å². The van der Waals surface area contributed by atoms with Gasteiger partial charge in [0.25, 0.3) is 0 Å². The van der Waals surface area contributed by atoms with Crippen LogP contribution in [0.25, 0.3) is 0 Å². The van der Waals surface area contributed by atoms with Crippen molar-refractivity contribution < 1.29 is 9.84 Å². The topological polar surface area (TPSA) is 44.7 Å². The molecule has 0 bridgehead atoms. The fraction of sp³-hybridized carbons (Fsp3) is 0.455. The third-order valence-corrected chi connectivity index (χ3v) is 3.05. The van der Waals surface area contributed by atoms with E-state index in [0.717, 1.165) is 37.7 Å². The van der Waals surface area contributed by atoms with Gasteiger partial charge in [0.1, 0.15) is 5.75 Å². The van der Waals surface area contributed by atoms with Gasteiger partial charge in [0, 0.05) is 19.2 Å². The van der Waals surface area contributed by atoms with E-state index in [1.54, 1.807) is 6.07 Å². The summed E-state index contributed by atoms with van der Waals surface area (Å²) in [5.74, 6) is 0.322. The maximum absolute atomic E-state index is 9.49. The van der Waals surface area contributed by atoms with Crippen LogP contribution in [0.5, 0.6) is 5.75 Å². The number of phenols is 1. The van der Waals surface area contributed by atoms with Crippen LogP contribution in [0.3, 0.4) is 0 Å². The highest BCUT2D eigenvalue weighted by Crippen LogP contribution is 2.35. The third kappa shape index (κ3) is 1.41. The van der Waals surface area contributed by atoms with Gasteiger partial charge in [-0.2, -0.15) is 0 Å². The summed E-state index contributed by atoms with van der Waals surface area (Å²) in [7, 11) is 0. The summed E-state index contributed by atoms with van der Waals surface area (Å²) in [5.41, 5.74) is 2.19. The number of aromatic hydroxyl groups is 1. The third-order valence-electron chi connectivity index (χ3n) is 3.05. The molecule has 1 unspecified atom stereocenters. The standard InChI is InChI=1S/C11H14N2O2/c14-9-1-2-10-11(5-9)13-3-4-15-7-8(13)6-12-10/h1-2,5,8,12,14H,3-4,6-7H2. The normalized spacial score (nSPS) is 24.0. The van der Waals surface area contributed by atoms with Crippen molar-refractivity contribution in [1.29, 1.82) is 0 Å². The predicted molar refractivity (Wildman–Crippen MR) is 58.5 cm³/mol. The molecule has 1 fully saturated rings. The smallest absolute Gasteiger partial charge is 0.117 e. The van der Waals surface area contributed by atoms with Gasteiger partial charge in [-0.25, -0.2) is 0 Å². The summed E-state index contributed by atoms with van der Waals surface area (Å²) in [4.78, 5) is 2.31. The van der Waals surface area contributed by atoms with Gasteiger partial charge in [0.05, 0.1) is 30.6 Å². The number of benzene rings is 1. The van der Waals surface area contributed by atoms with Crippen LogP contribution in [0, 0.1) is 0 Å². The van der Waals surface area contributed by atoms with Gasteiger partial charge < -0.3 is 20.1 Å². The lowest BCUT2D eigenvalue weighted by molar-refractivity contribution is 0.0964. The quantitative estimate of drug-likeness (QED) is 0.622. The molecular formula is C11H14N2O2. The summed E-state index contributed by atoms with van der Waals surface area (Å²) in [6.45, 7) is 3.36. The molecule has 2 aliphatic heterocycles. The second-order valence-corrected chi connectivity index (χ2v) is 4.00. The Bertz CT molecular complexity index is 381.